The van der Waals surface area contributed by atoms with Crippen LogP contribution in [0.15, 0.2) is 36.5 Å². The molecule has 0 amide bonds. The van der Waals surface area contributed by atoms with E-state index in [0.717, 1.165) is 15.4 Å². The van der Waals surface area contributed by atoms with Crippen molar-refractivity contribution < 1.29 is 0 Å². The minimum atomic E-state index is 0.0844. The Labute approximate surface area is 116 Å². The first-order chi connectivity index (χ1) is 8.72. The molecule has 3 nitrogen and oxygen atoms in total. The zero-order chi connectivity index (χ0) is 13.0. The van der Waals surface area contributed by atoms with Gasteiger partial charge in [-0.2, -0.15) is 0 Å². The molecule has 2 aromatic rings. The minimum Gasteiger partial charge on any atom is -0.306 e. The van der Waals surface area contributed by atoms with Crippen molar-refractivity contribution in [1.82, 2.24) is 15.8 Å². The van der Waals surface area contributed by atoms with Crippen LogP contribution < -0.4 is 10.9 Å². The number of benzene rings is 1. The van der Waals surface area contributed by atoms with Crippen LogP contribution in [0.5, 0.6) is 0 Å². The van der Waals surface area contributed by atoms with E-state index in [1.807, 2.05) is 30.7 Å². The third-order valence-electron chi connectivity index (χ3n) is 2.69. The maximum absolute atomic E-state index is 5.09. The van der Waals surface area contributed by atoms with Crippen molar-refractivity contribution in [2.24, 2.45) is 0 Å². The van der Waals surface area contributed by atoms with Crippen LogP contribution >= 0.6 is 24.0 Å². The Kier molecular flexibility index (Phi) is 4.52. The topological polar surface area (TPSA) is 37.0 Å². The predicted octanol–water partition coefficient (Wildman–Crippen LogP) is 3.04. The van der Waals surface area contributed by atoms with Gasteiger partial charge in [0.05, 0.1) is 11.7 Å². The molecule has 0 radical (unpaired) electrons. The lowest BCUT2D eigenvalue weighted by Gasteiger charge is -2.16. The highest BCUT2D eigenvalue weighted by molar-refractivity contribution is 8.22. The number of hydrazine groups is 1. The second-order valence-electron chi connectivity index (χ2n) is 3.90. The fourth-order valence-corrected chi connectivity index (χ4v) is 1.99. The molecule has 0 aliphatic carbocycles. The molecule has 18 heavy (non-hydrogen) atoms. The van der Waals surface area contributed by atoms with Gasteiger partial charge in [0.25, 0.3) is 0 Å². The van der Waals surface area contributed by atoms with Crippen LogP contribution in [-0.2, 0) is 0 Å². The Hall–Kier alpha value is -1.17. The van der Waals surface area contributed by atoms with Crippen LogP contribution in [0.2, 0.25) is 0 Å². The highest BCUT2D eigenvalue weighted by Crippen LogP contribution is 2.21. The van der Waals surface area contributed by atoms with Gasteiger partial charge in [0.2, 0.25) is 0 Å². The van der Waals surface area contributed by atoms with E-state index in [2.05, 4.69) is 34.9 Å². The van der Waals surface area contributed by atoms with E-state index in [-0.39, 0.29) is 6.04 Å². The van der Waals surface area contributed by atoms with Gasteiger partial charge in [0.15, 0.2) is 0 Å². The quantitative estimate of drug-likeness (QED) is 0.666. The Morgan fingerprint density at radius 1 is 1.33 bits per heavy atom. The number of hydrogen-bond acceptors (Lipinski definition) is 4. The number of hydrogen-bond donors (Lipinski definition) is 2. The van der Waals surface area contributed by atoms with Gasteiger partial charge in [-0.25, -0.2) is 5.43 Å². The highest BCUT2D eigenvalue weighted by atomic mass is 32.2. The molecule has 2 rings (SSSR count). The number of pyridine rings is 1. The largest absolute Gasteiger partial charge is 0.306 e. The maximum Gasteiger partial charge on any atom is 0.147 e. The molecule has 1 aromatic heterocycles. The number of thiocarbonyl (C=S) groups is 1. The van der Waals surface area contributed by atoms with E-state index < -0.39 is 0 Å². The summed E-state index contributed by atoms with van der Waals surface area (Å²) in [4.78, 5) is 4.46. The van der Waals surface area contributed by atoms with Crippen molar-refractivity contribution in [2.75, 3.05) is 6.26 Å². The van der Waals surface area contributed by atoms with Crippen LogP contribution in [0, 0.1) is 0 Å². The second kappa shape index (κ2) is 6.13. The number of nitrogens with zero attached hydrogens (tertiary/aromatic N) is 1. The molecule has 1 heterocycles. The van der Waals surface area contributed by atoms with Gasteiger partial charge in [-0.3, -0.25) is 4.98 Å². The molecular weight excluding hydrogens is 262 g/mol. The summed E-state index contributed by atoms with van der Waals surface area (Å²) in [6, 6.07) is 10.3. The molecule has 1 aromatic carbocycles. The van der Waals surface area contributed by atoms with Gasteiger partial charge in [-0.05, 0) is 24.6 Å². The molecule has 1 atom stereocenters. The van der Waals surface area contributed by atoms with Gasteiger partial charge >= 0.3 is 0 Å². The number of nitrogens with one attached hydrogen (secondary N) is 2. The molecule has 0 spiro atoms. The lowest BCUT2D eigenvalue weighted by atomic mass is 10.1. The van der Waals surface area contributed by atoms with Gasteiger partial charge < -0.3 is 5.43 Å². The Balaban J connectivity index is 2.22. The standard InChI is InChI=1S/C13H15N3S2/c1-9(15-16-13(17)18-2)12-11-6-4-3-5-10(11)7-8-14-12/h3-9,15H,1-2H3,(H,16,17). The molecule has 1 unspecified atom stereocenters. The first kappa shape index (κ1) is 13.3. The third kappa shape index (κ3) is 2.98. The van der Waals surface area contributed by atoms with Crippen molar-refractivity contribution in [3.8, 4) is 0 Å². The Morgan fingerprint density at radius 2 is 2.11 bits per heavy atom. The first-order valence-corrected chi connectivity index (χ1v) is 7.29. The van der Waals surface area contributed by atoms with E-state index in [1.54, 1.807) is 0 Å². The Morgan fingerprint density at radius 3 is 2.89 bits per heavy atom. The lowest BCUT2D eigenvalue weighted by molar-refractivity contribution is 0.543. The monoisotopic (exact) mass is 277 g/mol. The first-order valence-electron chi connectivity index (χ1n) is 5.65. The lowest BCUT2D eigenvalue weighted by Crippen LogP contribution is -2.36. The van der Waals surface area contributed by atoms with Crippen LogP contribution in [0.1, 0.15) is 18.7 Å². The molecule has 0 aliphatic heterocycles. The third-order valence-corrected chi connectivity index (χ3v) is 3.77. The average Bonchev–Trinajstić information content (AvgIpc) is 2.43. The molecule has 5 heteroatoms. The predicted molar refractivity (Wildman–Crippen MR) is 82.5 cm³/mol. The van der Waals surface area contributed by atoms with E-state index in [4.69, 9.17) is 12.2 Å². The SMILES string of the molecule is CSC(=S)NNC(C)c1nccc2ccccc12. The van der Waals surface area contributed by atoms with Gasteiger partial charge in [0.1, 0.15) is 4.32 Å². The van der Waals surface area contributed by atoms with E-state index >= 15 is 0 Å². The molecule has 94 valence electrons. The zero-order valence-electron chi connectivity index (χ0n) is 10.3. The van der Waals surface area contributed by atoms with Gasteiger partial charge in [0, 0.05) is 11.6 Å². The smallest absolute Gasteiger partial charge is 0.147 e. The highest BCUT2D eigenvalue weighted by Gasteiger charge is 2.10. The molecule has 2 N–H and O–H groups in total. The van der Waals surface area contributed by atoms with Crippen molar-refractivity contribution in [2.45, 2.75) is 13.0 Å². The van der Waals surface area contributed by atoms with Gasteiger partial charge in [-0.1, -0.05) is 48.2 Å². The number of fused-ring (bicyclic) bond motifs is 1. The van der Waals surface area contributed by atoms with E-state index in [1.165, 1.54) is 17.1 Å². The van der Waals surface area contributed by atoms with Crippen LogP contribution in [0.4, 0.5) is 0 Å². The second-order valence-corrected chi connectivity index (χ2v) is 5.38. The normalized spacial score (nSPS) is 12.3. The summed E-state index contributed by atoms with van der Waals surface area (Å²) in [5.74, 6) is 0. The Bertz CT molecular complexity index is 551. The fourth-order valence-electron chi connectivity index (χ4n) is 1.77. The van der Waals surface area contributed by atoms with E-state index in [9.17, 15) is 0 Å². The summed E-state index contributed by atoms with van der Waals surface area (Å²) in [6.45, 7) is 2.06. The van der Waals surface area contributed by atoms with Crippen molar-refractivity contribution in [1.29, 1.82) is 0 Å². The van der Waals surface area contributed by atoms with Crippen LogP contribution in [0.25, 0.3) is 10.8 Å². The summed E-state index contributed by atoms with van der Waals surface area (Å²) >= 11 is 6.59. The summed E-state index contributed by atoms with van der Waals surface area (Å²) in [5.41, 5.74) is 7.18. The summed E-state index contributed by atoms with van der Waals surface area (Å²) in [6.07, 6.45) is 3.78. The maximum atomic E-state index is 5.09. The molecule has 0 fully saturated rings. The zero-order valence-corrected chi connectivity index (χ0v) is 11.9. The molecule has 0 saturated carbocycles. The summed E-state index contributed by atoms with van der Waals surface area (Å²) in [5, 5.41) is 2.36. The van der Waals surface area contributed by atoms with Crippen molar-refractivity contribution in [3.05, 3.63) is 42.2 Å². The fraction of sp³-hybridized carbons (Fsp3) is 0.231. The van der Waals surface area contributed by atoms with Crippen LogP contribution in [-0.4, -0.2) is 15.6 Å². The minimum absolute atomic E-state index is 0.0844. The number of aromatic nitrogens is 1. The number of rotatable bonds is 3. The molecule has 0 saturated heterocycles. The van der Waals surface area contributed by atoms with E-state index in [0.29, 0.717) is 0 Å². The average molecular weight is 277 g/mol. The molecular formula is C13H15N3S2. The van der Waals surface area contributed by atoms with Crippen LogP contribution in [0.3, 0.4) is 0 Å². The van der Waals surface area contributed by atoms with Crippen molar-refractivity contribution >= 4 is 39.1 Å². The van der Waals surface area contributed by atoms with Crippen molar-refractivity contribution in [3.63, 3.8) is 0 Å². The summed E-state index contributed by atoms with van der Waals surface area (Å²) < 4.78 is 0.724. The van der Waals surface area contributed by atoms with Gasteiger partial charge in [-0.15, -0.1) is 0 Å². The molecule has 0 aliphatic rings. The number of thioether (sulfide) groups is 1. The molecule has 0 bridgehead atoms. The summed E-state index contributed by atoms with van der Waals surface area (Å²) in [7, 11) is 0.